The molecule has 0 amide bonds. The molecule has 4 heteroatoms. The molecule has 0 aromatic heterocycles. The molecule has 1 aromatic carbocycles. The van der Waals surface area contributed by atoms with Gasteiger partial charge in [0.05, 0.1) is 0 Å². The summed E-state index contributed by atoms with van der Waals surface area (Å²) in [5, 5.41) is 0. The maximum Gasteiger partial charge on any atom is 0.324 e. The summed E-state index contributed by atoms with van der Waals surface area (Å²) in [6, 6.07) is 7.48. The van der Waals surface area contributed by atoms with E-state index in [1.807, 2.05) is 18.2 Å². The van der Waals surface area contributed by atoms with Crippen LogP contribution in [0.5, 0.6) is 0 Å². The molecule has 17 heavy (non-hydrogen) atoms. The van der Waals surface area contributed by atoms with Gasteiger partial charge in [-0.1, -0.05) is 24.3 Å². The van der Waals surface area contributed by atoms with Crippen molar-refractivity contribution >= 4 is 18.6 Å². The monoisotopic (exact) mass is 251 g/mol. The number of carbonyl (C=O) groups excluding carboxylic acids is 1. The van der Waals surface area contributed by atoms with Crippen LogP contribution in [0.25, 0.3) is 0 Å². The van der Waals surface area contributed by atoms with Gasteiger partial charge in [0, 0.05) is 5.75 Å². The number of benzene rings is 1. The van der Waals surface area contributed by atoms with Crippen LogP contribution in [-0.2, 0) is 16.0 Å². The van der Waals surface area contributed by atoms with Gasteiger partial charge in [-0.2, -0.15) is 12.6 Å². The molecule has 2 N–H and O–H groups in total. The van der Waals surface area contributed by atoms with Gasteiger partial charge in [0.1, 0.15) is 12.1 Å². The van der Waals surface area contributed by atoms with E-state index < -0.39 is 6.04 Å². The molecule has 0 fully saturated rings. The molecule has 0 aliphatic heterocycles. The van der Waals surface area contributed by atoms with Gasteiger partial charge < -0.3 is 10.5 Å². The number of thiol groups is 1. The summed E-state index contributed by atoms with van der Waals surface area (Å²) in [6.07, 6.45) is 2.84. The SMILES string of the molecule is N[C@@H](CS)C(=O)OC1CCCc2ccccc21. The van der Waals surface area contributed by atoms with E-state index in [1.165, 1.54) is 5.56 Å². The minimum Gasteiger partial charge on any atom is -0.456 e. The number of ether oxygens (including phenoxy) is 1. The van der Waals surface area contributed by atoms with Crippen molar-refractivity contribution in [2.24, 2.45) is 5.73 Å². The molecule has 1 aromatic rings. The van der Waals surface area contributed by atoms with Gasteiger partial charge in [0.2, 0.25) is 0 Å². The Hall–Kier alpha value is -1.00. The highest BCUT2D eigenvalue weighted by atomic mass is 32.1. The lowest BCUT2D eigenvalue weighted by Crippen LogP contribution is -2.35. The Morgan fingerprint density at radius 2 is 2.29 bits per heavy atom. The van der Waals surface area contributed by atoms with E-state index in [9.17, 15) is 4.79 Å². The van der Waals surface area contributed by atoms with E-state index in [-0.39, 0.29) is 12.1 Å². The van der Waals surface area contributed by atoms with Crippen molar-refractivity contribution in [3.63, 3.8) is 0 Å². The van der Waals surface area contributed by atoms with Gasteiger partial charge in [-0.15, -0.1) is 0 Å². The topological polar surface area (TPSA) is 52.3 Å². The van der Waals surface area contributed by atoms with Crippen LogP contribution in [0.1, 0.15) is 30.1 Å². The first-order valence-electron chi connectivity index (χ1n) is 5.87. The predicted octanol–water partition coefficient (Wildman–Crippen LogP) is 1.86. The molecule has 92 valence electrons. The van der Waals surface area contributed by atoms with Gasteiger partial charge in [-0.3, -0.25) is 4.79 Å². The summed E-state index contributed by atoms with van der Waals surface area (Å²) in [5.74, 6) is -0.0468. The maximum atomic E-state index is 11.7. The van der Waals surface area contributed by atoms with Crippen molar-refractivity contribution in [1.82, 2.24) is 0 Å². The molecule has 0 saturated heterocycles. The molecular formula is C13H17NO2S. The molecule has 1 unspecified atom stereocenters. The van der Waals surface area contributed by atoms with Crippen molar-refractivity contribution in [1.29, 1.82) is 0 Å². The van der Waals surface area contributed by atoms with Crippen LogP contribution < -0.4 is 5.73 Å². The lowest BCUT2D eigenvalue weighted by atomic mass is 9.89. The van der Waals surface area contributed by atoms with E-state index in [2.05, 4.69) is 18.7 Å². The average Bonchev–Trinajstić information content (AvgIpc) is 2.38. The average molecular weight is 251 g/mol. The number of nitrogens with two attached hydrogens (primary N) is 1. The molecule has 1 aliphatic rings. The second-order valence-corrected chi connectivity index (χ2v) is 4.67. The lowest BCUT2D eigenvalue weighted by molar-refractivity contribution is -0.151. The van der Waals surface area contributed by atoms with Gasteiger partial charge >= 0.3 is 5.97 Å². The third-order valence-electron chi connectivity index (χ3n) is 3.07. The van der Waals surface area contributed by atoms with Gasteiger partial charge in [-0.05, 0) is 30.4 Å². The van der Waals surface area contributed by atoms with Crippen LogP contribution >= 0.6 is 12.6 Å². The molecule has 0 heterocycles. The third kappa shape index (κ3) is 2.82. The number of esters is 1. The highest BCUT2D eigenvalue weighted by Crippen LogP contribution is 2.32. The smallest absolute Gasteiger partial charge is 0.324 e. The van der Waals surface area contributed by atoms with Crippen LogP contribution in [0.2, 0.25) is 0 Å². The Labute approximate surface area is 107 Å². The highest BCUT2D eigenvalue weighted by molar-refractivity contribution is 7.80. The standard InChI is InChI=1S/C13H17NO2S/c14-11(8-17)13(15)16-12-7-3-5-9-4-1-2-6-10(9)12/h1-2,4,6,11-12,17H,3,5,7-8,14H2/t11-,12?/m0/s1. The van der Waals surface area contributed by atoms with E-state index in [0.29, 0.717) is 5.75 Å². The quantitative estimate of drug-likeness (QED) is 0.637. The summed E-state index contributed by atoms with van der Waals surface area (Å²) in [4.78, 5) is 11.7. The fourth-order valence-electron chi connectivity index (χ4n) is 2.13. The van der Waals surface area contributed by atoms with Crippen LogP contribution in [-0.4, -0.2) is 17.8 Å². The minimum atomic E-state index is -0.632. The molecule has 2 atom stereocenters. The van der Waals surface area contributed by atoms with Crippen molar-refractivity contribution in [2.45, 2.75) is 31.4 Å². The summed E-state index contributed by atoms with van der Waals surface area (Å²) >= 11 is 4.00. The zero-order valence-electron chi connectivity index (χ0n) is 9.63. The minimum absolute atomic E-state index is 0.140. The first kappa shape index (κ1) is 12.5. The van der Waals surface area contributed by atoms with E-state index in [1.54, 1.807) is 0 Å². The zero-order valence-corrected chi connectivity index (χ0v) is 10.5. The third-order valence-corrected chi connectivity index (χ3v) is 3.47. The summed E-state index contributed by atoms with van der Waals surface area (Å²) in [6.45, 7) is 0. The number of hydrogen-bond acceptors (Lipinski definition) is 4. The molecule has 0 spiro atoms. The number of hydrogen-bond donors (Lipinski definition) is 2. The Balaban J connectivity index is 2.11. The number of fused-ring (bicyclic) bond motifs is 1. The summed E-state index contributed by atoms with van der Waals surface area (Å²) in [5.41, 5.74) is 8.00. The van der Waals surface area contributed by atoms with Crippen LogP contribution in [0.3, 0.4) is 0 Å². The molecule has 0 saturated carbocycles. The van der Waals surface area contributed by atoms with Crippen molar-refractivity contribution < 1.29 is 9.53 Å². The maximum absolute atomic E-state index is 11.7. The van der Waals surface area contributed by atoms with E-state index in [0.717, 1.165) is 24.8 Å². The zero-order chi connectivity index (χ0) is 12.3. The van der Waals surface area contributed by atoms with Gasteiger partial charge in [-0.25, -0.2) is 0 Å². The molecule has 2 rings (SSSR count). The second-order valence-electron chi connectivity index (χ2n) is 4.31. The molecule has 3 nitrogen and oxygen atoms in total. The predicted molar refractivity (Wildman–Crippen MR) is 70.0 cm³/mol. The Morgan fingerprint density at radius 3 is 3.06 bits per heavy atom. The molecule has 0 bridgehead atoms. The molecule has 0 radical (unpaired) electrons. The first-order chi connectivity index (χ1) is 8.22. The summed E-state index contributed by atoms with van der Waals surface area (Å²) < 4.78 is 5.46. The first-order valence-corrected chi connectivity index (χ1v) is 6.50. The number of aryl methyl sites for hydroxylation is 1. The van der Waals surface area contributed by atoms with E-state index >= 15 is 0 Å². The number of carbonyl (C=O) groups is 1. The Morgan fingerprint density at radius 1 is 1.53 bits per heavy atom. The van der Waals surface area contributed by atoms with Crippen LogP contribution in [0.15, 0.2) is 24.3 Å². The largest absolute Gasteiger partial charge is 0.456 e. The van der Waals surface area contributed by atoms with Crippen molar-refractivity contribution in [3.8, 4) is 0 Å². The van der Waals surface area contributed by atoms with Gasteiger partial charge in [0.25, 0.3) is 0 Å². The van der Waals surface area contributed by atoms with E-state index in [4.69, 9.17) is 10.5 Å². The van der Waals surface area contributed by atoms with Gasteiger partial charge in [0.15, 0.2) is 0 Å². The second kappa shape index (κ2) is 5.56. The fourth-order valence-corrected chi connectivity index (χ4v) is 2.28. The van der Waals surface area contributed by atoms with Crippen LogP contribution in [0, 0.1) is 0 Å². The Bertz CT molecular complexity index is 408. The fraction of sp³-hybridized carbons (Fsp3) is 0.462. The number of rotatable bonds is 3. The molecule has 1 aliphatic carbocycles. The molecular weight excluding hydrogens is 234 g/mol. The normalized spacial score (nSPS) is 20.5. The Kier molecular flexibility index (Phi) is 4.07. The van der Waals surface area contributed by atoms with Crippen LogP contribution in [0.4, 0.5) is 0 Å². The lowest BCUT2D eigenvalue weighted by Gasteiger charge is -2.26. The highest BCUT2D eigenvalue weighted by Gasteiger charge is 2.25. The van der Waals surface area contributed by atoms with Crippen molar-refractivity contribution in [2.75, 3.05) is 5.75 Å². The summed E-state index contributed by atoms with van der Waals surface area (Å²) in [7, 11) is 0. The van der Waals surface area contributed by atoms with Crippen molar-refractivity contribution in [3.05, 3.63) is 35.4 Å².